The van der Waals surface area contributed by atoms with E-state index in [1.54, 1.807) is 24.3 Å². The van der Waals surface area contributed by atoms with Gasteiger partial charge in [-0.05, 0) is 31.0 Å². The molecular formula is C15H18ClNO3. The summed E-state index contributed by atoms with van der Waals surface area (Å²) in [7, 11) is 0. The Hall–Kier alpha value is -1.10. The summed E-state index contributed by atoms with van der Waals surface area (Å²) in [6.07, 6.45) is 3.44. The molecule has 1 amide bonds. The number of halogens is 1. The molecule has 1 aliphatic heterocycles. The molecule has 1 spiro atoms. The first kappa shape index (κ1) is 13.9. The molecular weight excluding hydrogens is 278 g/mol. The van der Waals surface area contributed by atoms with Crippen LogP contribution in [0.25, 0.3) is 0 Å². The summed E-state index contributed by atoms with van der Waals surface area (Å²) >= 11 is 5.90. The number of benzene rings is 1. The van der Waals surface area contributed by atoms with Gasteiger partial charge in [-0.15, -0.1) is 0 Å². The van der Waals surface area contributed by atoms with Crippen LogP contribution in [0.4, 0.5) is 0 Å². The van der Waals surface area contributed by atoms with Gasteiger partial charge in [0.25, 0.3) is 5.91 Å². The standard InChI is InChI=1S/C15H18ClNO3/c16-12-3-1-2-11(10-12)14(18)17-13-4-6-15(7-5-13)19-8-9-20-15/h1-3,10,13H,4-9H2,(H,17,18). The molecule has 1 N–H and O–H groups in total. The predicted octanol–water partition coefficient (Wildman–Crippen LogP) is 2.76. The lowest BCUT2D eigenvalue weighted by Crippen LogP contribution is -2.44. The third-order valence-corrected chi connectivity index (χ3v) is 4.22. The van der Waals surface area contributed by atoms with Gasteiger partial charge in [-0.1, -0.05) is 17.7 Å². The van der Waals surface area contributed by atoms with Gasteiger partial charge in [0.2, 0.25) is 0 Å². The molecule has 108 valence electrons. The summed E-state index contributed by atoms with van der Waals surface area (Å²) < 4.78 is 11.4. The Balaban J connectivity index is 1.55. The smallest absolute Gasteiger partial charge is 0.251 e. The number of carbonyl (C=O) groups excluding carboxylic acids is 1. The molecule has 1 heterocycles. The van der Waals surface area contributed by atoms with Crippen LogP contribution in [0.3, 0.4) is 0 Å². The minimum Gasteiger partial charge on any atom is -0.349 e. The Morgan fingerprint density at radius 1 is 1.25 bits per heavy atom. The van der Waals surface area contributed by atoms with Gasteiger partial charge in [-0.25, -0.2) is 0 Å². The summed E-state index contributed by atoms with van der Waals surface area (Å²) in [6.45, 7) is 1.36. The molecule has 1 aromatic rings. The Bertz CT molecular complexity index is 490. The minimum absolute atomic E-state index is 0.0679. The van der Waals surface area contributed by atoms with Crippen LogP contribution in [0.2, 0.25) is 5.02 Å². The van der Waals surface area contributed by atoms with E-state index in [0.29, 0.717) is 23.8 Å². The van der Waals surface area contributed by atoms with Crippen molar-refractivity contribution in [1.82, 2.24) is 5.32 Å². The molecule has 2 fully saturated rings. The zero-order chi connectivity index (χ0) is 14.0. The van der Waals surface area contributed by atoms with Crippen molar-refractivity contribution < 1.29 is 14.3 Å². The van der Waals surface area contributed by atoms with Crippen molar-refractivity contribution in [1.29, 1.82) is 0 Å². The molecule has 1 aliphatic carbocycles. The average molecular weight is 296 g/mol. The quantitative estimate of drug-likeness (QED) is 0.912. The average Bonchev–Trinajstić information content (AvgIpc) is 2.90. The maximum atomic E-state index is 12.1. The minimum atomic E-state index is -0.378. The van der Waals surface area contributed by atoms with E-state index < -0.39 is 0 Å². The molecule has 3 rings (SSSR count). The SMILES string of the molecule is O=C(NC1CCC2(CC1)OCCO2)c1cccc(Cl)c1. The highest BCUT2D eigenvalue weighted by Gasteiger charge is 2.40. The maximum Gasteiger partial charge on any atom is 0.251 e. The van der Waals surface area contributed by atoms with Crippen molar-refractivity contribution in [3.8, 4) is 0 Å². The van der Waals surface area contributed by atoms with Gasteiger partial charge >= 0.3 is 0 Å². The van der Waals surface area contributed by atoms with Gasteiger partial charge in [0.15, 0.2) is 5.79 Å². The van der Waals surface area contributed by atoms with Gasteiger partial charge in [0, 0.05) is 29.5 Å². The highest BCUT2D eigenvalue weighted by molar-refractivity contribution is 6.30. The monoisotopic (exact) mass is 295 g/mol. The number of amides is 1. The summed E-state index contributed by atoms with van der Waals surface area (Å²) in [5, 5.41) is 3.64. The van der Waals surface area contributed by atoms with Crippen LogP contribution in [-0.4, -0.2) is 30.9 Å². The van der Waals surface area contributed by atoms with Crippen LogP contribution in [0.15, 0.2) is 24.3 Å². The van der Waals surface area contributed by atoms with E-state index >= 15 is 0 Å². The Labute approximate surface area is 123 Å². The van der Waals surface area contributed by atoms with E-state index in [1.807, 2.05) is 0 Å². The highest BCUT2D eigenvalue weighted by Crippen LogP contribution is 2.35. The Kier molecular flexibility index (Phi) is 3.96. The molecule has 0 atom stereocenters. The van der Waals surface area contributed by atoms with Gasteiger partial charge in [-0.2, -0.15) is 0 Å². The molecule has 4 nitrogen and oxygen atoms in total. The van der Waals surface area contributed by atoms with Gasteiger partial charge in [-0.3, -0.25) is 4.79 Å². The van der Waals surface area contributed by atoms with Crippen molar-refractivity contribution >= 4 is 17.5 Å². The predicted molar refractivity (Wildman–Crippen MR) is 75.8 cm³/mol. The molecule has 5 heteroatoms. The number of hydrogen-bond donors (Lipinski definition) is 1. The fraction of sp³-hybridized carbons (Fsp3) is 0.533. The van der Waals surface area contributed by atoms with Crippen LogP contribution in [-0.2, 0) is 9.47 Å². The molecule has 0 radical (unpaired) electrons. The van der Waals surface area contributed by atoms with Gasteiger partial charge < -0.3 is 14.8 Å². The number of hydrogen-bond acceptors (Lipinski definition) is 3. The summed E-state index contributed by atoms with van der Waals surface area (Å²) in [5.74, 6) is -0.446. The Morgan fingerprint density at radius 2 is 1.95 bits per heavy atom. The van der Waals surface area contributed by atoms with E-state index in [0.717, 1.165) is 25.7 Å². The van der Waals surface area contributed by atoms with Gasteiger partial charge in [0.1, 0.15) is 0 Å². The second-order valence-corrected chi connectivity index (χ2v) is 5.80. The molecule has 0 unspecified atom stereocenters. The lowest BCUT2D eigenvalue weighted by molar-refractivity contribution is -0.179. The normalized spacial score (nSPS) is 22.1. The van der Waals surface area contributed by atoms with Crippen LogP contribution in [0.1, 0.15) is 36.0 Å². The van der Waals surface area contributed by atoms with E-state index in [2.05, 4.69) is 5.32 Å². The molecule has 1 aromatic carbocycles. The van der Waals surface area contributed by atoms with Crippen molar-refractivity contribution in [2.45, 2.75) is 37.5 Å². The third-order valence-electron chi connectivity index (χ3n) is 3.98. The van der Waals surface area contributed by atoms with E-state index in [4.69, 9.17) is 21.1 Å². The fourth-order valence-corrected chi connectivity index (χ4v) is 3.08. The van der Waals surface area contributed by atoms with E-state index in [-0.39, 0.29) is 17.7 Å². The lowest BCUT2D eigenvalue weighted by Gasteiger charge is -2.35. The maximum absolute atomic E-state index is 12.1. The van der Waals surface area contributed by atoms with Crippen molar-refractivity contribution in [2.75, 3.05) is 13.2 Å². The fourth-order valence-electron chi connectivity index (χ4n) is 2.89. The third kappa shape index (κ3) is 2.97. The lowest BCUT2D eigenvalue weighted by atomic mass is 9.90. The largest absolute Gasteiger partial charge is 0.349 e. The Morgan fingerprint density at radius 3 is 2.60 bits per heavy atom. The number of rotatable bonds is 2. The number of ether oxygens (including phenoxy) is 2. The molecule has 20 heavy (non-hydrogen) atoms. The van der Waals surface area contributed by atoms with Crippen molar-refractivity contribution in [3.05, 3.63) is 34.9 Å². The molecule has 1 saturated carbocycles. The molecule has 1 saturated heterocycles. The van der Waals surface area contributed by atoms with Crippen LogP contribution in [0.5, 0.6) is 0 Å². The number of carbonyl (C=O) groups is 1. The van der Waals surface area contributed by atoms with Crippen molar-refractivity contribution in [2.24, 2.45) is 0 Å². The summed E-state index contributed by atoms with van der Waals surface area (Å²) in [6, 6.07) is 7.18. The first-order valence-corrected chi connectivity index (χ1v) is 7.39. The zero-order valence-corrected chi connectivity index (χ0v) is 12.0. The zero-order valence-electron chi connectivity index (χ0n) is 11.2. The van der Waals surface area contributed by atoms with E-state index in [9.17, 15) is 4.79 Å². The van der Waals surface area contributed by atoms with Crippen LogP contribution < -0.4 is 5.32 Å². The van der Waals surface area contributed by atoms with Crippen LogP contribution >= 0.6 is 11.6 Å². The second kappa shape index (κ2) is 5.72. The highest BCUT2D eigenvalue weighted by atomic mass is 35.5. The summed E-state index contributed by atoms with van der Waals surface area (Å²) in [4.78, 5) is 12.1. The number of nitrogens with one attached hydrogen (secondary N) is 1. The topological polar surface area (TPSA) is 47.6 Å². The molecule has 0 aromatic heterocycles. The summed E-state index contributed by atoms with van der Waals surface area (Å²) in [5.41, 5.74) is 0.603. The van der Waals surface area contributed by atoms with Gasteiger partial charge in [0.05, 0.1) is 13.2 Å². The first-order chi connectivity index (χ1) is 9.67. The van der Waals surface area contributed by atoms with Crippen LogP contribution in [0, 0.1) is 0 Å². The second-order valence-electron chi connectivity index (χ2n) is 5.37. The van der Waals surface area contributed by atoms with E-state index in [1.165, 1.54) is 0 Å². The molecule has 2 aliphatic rings. The molecule has 0 bridgehead atoms. The first-order valence-electron chi connectivity index (χ1n) is 7.01. The van der Waals surface area contributed by atoms with Crippen molar-refractivity contribution in [3.63, 3.8) is 0 Å².